The molecular weight excluding hydrogens is 553 g/mol. The number of fused-ring (bicyclic) bond motifs is 4. The van der Waals surface area contributed by atoms with Gasteiger partial charge in [0.1, 0.15) is 8.07 Å². The second kappa shape index (κ2) is 9.38. The number of anilines is 2. The number of carbonyl (C=O) groups is 1. The molecule has 4 aliphatic rings. The monoisotopic (exact) mass is 582 g/mol. The van der Waals surface area contributed by atoms with Crippen LogP contribution in [-0.2, 0) is 12.8 Å². The zero-order chi connectivity index (χ0) is 28.6. The van der Waals surface area contributed by atoms with Crippen molar-refractivity contribution in [2.75, 3.05) is 18.0 Å². The summed E-state index contributed by atoms with van der Waals surface area (Å²) in [7, 11) is -2.17. The fourth-order valence-corrected chi connectivity index (χ4v) is 11.2. The Balaban J connectivity index is 1.34. The summed E-state index contributed by atoms with van der Waals surface area (Å²) in [5.74, 6) is -1.12. The van der Waals surface area contributed by atoms with Crippen LogP contribution in [0.4, 0.5) is 17.1 Å². The van der Waals surface area contributed by atoms with Crippen LogP contribution < -0.4 is 15.2 Å². The van der Waals surface area contributed by atoms with Crippen molar-refractivity contribution in [3.05, 3.63) is 134 Å². The zero-order valence-corrected chi connectivity index (χ0v) is 25.5. The van der Waals surface area contributed by atoms with Gasteiger partial charge in [-0.15, -0.1) is 11.3 Å². The SMILES string of the molecule is C[Si]1(C)C2=CC(=[N+]3CCc4ccccc43)C=CC2=C(c2ccc(C(=O)[O-])s2)c2ccc(N3CCc4ccccc43)cc21. The van der Waals surface area contributed by atoms with Crippen LogP contribution in [0.2, 0.25) is 13.1 Å². The largest absolute Gasteiger partial charge is 0.544 e. The summed E-state index contributed by atoms with van der Waals surface area (Å²) in [5, 5.41) is 14.6. The van der Waals surface area contributed by atoms with Crippen molar-refractivity contribution in [2.24, 2.45) is 0 Å². The van der Waals surface area contributed by atoms with E-state index >= 15 is 0 Å². The van der Waals surface area contributed by atoms with Crippen LogP contribution in [-0.4, -0.2) is 37.4 Å². The molecule has 4 aromatic rings. The molecule has 206 valence electrons. The molecule has 0 saturated carbocycles. The van der Waals surface area contributed by atoms with E-state index in [1.54, 1.807) is 6.07 Å². The van der Waals surface area contributed by atoms with Crippen molar-refractivity contribution in [3.63, 3.8) is 0 Å². The van der Waals surface area contributed by atoms with Crippen LogP contribution in [0, 0.1) is 0 Å². The lowest BCUT2D eigenvalue weighted by atomic mass is 9.93. The van der Waals surface area contributed by atoms with Crippen LogP contribution in [0.1, 0.15) is 31.2 Å². The molecule has 0 spiro atoms. The van der Waals surface area contributed by atoms with E-state index in [0.29, 0.717) is 0 Å². The van der Waals surface area contributed by atoms with Crippen molar-refractivity contribution in [2.45, 2.75) is 25.9 Å². The number of carbonyl (C=O) groups excluding carboxylic acids is 1. The van der Waals surface area contributed by atoms with Crippen LogP contribution in [0.3, 0.4) is 0 Å². The van der Waals surface area contributed by atoms with Crippen LogP contribution >= 0.6 is 11.3 Å². The summed E-state index contributed by atoms with van der Waals surface area (Å²) in [6.45, 7) is 6.88. The third kappa shape index (κ3) is 3.79. The number of rotatable bonds is 3. The molecule has 0 unspecified atom stereocenters. The average Bonchev–Trinajstić information content (AvgIpc) is 3.76. The Bertz CT molecular complexity index is 1960. The Kier molecular flexibility index (Phi) is 5.68. The highest BCUT2D eigenvalue weighted by atomic mass is 32.1. The molecule has 1 aromatic heterocycles. The number of nitrogens with zero attached hydrogens (tertiary/aromatic N) is 2. The number of thiophene rings is 1. The van der Waals surface area contributed by atoms with E-state index in [4.69, 9.17) is 0 Å². The molecule has 42 heavy (non-hydrogen) atoms. The van der Waals surface area contributed by atoms with E-state index in [9.17, 15) is 9.90 Å². The van der Waals surface area contributed by atoms with E-state index in [0.717, 1.165) is 36.4 Å². The number of allylic oxidation sites excluding steroid dienone is 5. The van der Waals surface area contributed by atoms with Crippen LogP contribution in [0.5, 0.6) is 0 Å². The lowest BCUT2D eigenvalue weighted by Crippen LogP contribution is -2.49. The number of aromatic carboxylic acids is 1. The van der Waals surface area contributed by atoms with Gasteiger partial charge in [0.25, 0.3) is 0 Å². The maximum Gasteiger partial charge on any atom is 0.209 e. The molecule has 1 aliphatic carbocycles. The van der Waals surface area contributed by atoms with Crippen molar-refractivity contribution >= 4 is 58.9 Å². The minimum atomic E-state index is -2.17. The predicted octanol–water partition coefficient (Wildman–Crippen LogP) is 5.91. The first kappa shape index (κ1) is 25.4. The van der Waals surface area contributed by atoms with Gasteiger partial charge in [-0.1, -0.05) is 55.6 Å². The molecule has 0 saturated heterocycles. The molecule has 0 radical (unpaired) electrons. The maximum absolute atomic E-state index is 11.8. The Morgan fingerprint density at radius 1 is 0.929 bits per heavy atom. The van der Waals surface area contributed by atoms with Gasteiger partial charge in [0.05, 0.1) is 10.8 Å². The summed E-state index contributed by atoms with van der Waals surface area (Å²) < 4.78 is 2.45. The van der Waals surface area contributed by atoms with Gasteiger partial charge in [-0.25, -0.2) is 0 Å². The Hall–Kier alpha value is -4.26. The first-order chi connectivity index (χ1) is 20.4. The molecule has 0 bridgehead atoms. The second-order valence-corrected chi connectivity index (χ2v) is 17.4. The second-order valence-electron chi connectivity index (χ2n) is 12.0. The van der Waals surface area contributed by atoms with Gasteiger partial charge in [-0.2, -0.15) is 4.58 Å². The number of carboxylic acids is 1. The summed E-state index contributed by atoms with van der Waals surface area (Å²) in [6, 6.07) is 28.0. The summed E-state index contributed by atoms with van der Waals surface area (Å²) in [6.07, 6.45) is 9.06. The van der Waals surface area contributed by atoms with E-state index in [2.05, 4.69) is 108 Å². The molecular formula is C36H30N2O2SSi. The van der Waals surface area contributed by atoms with Gasteiger partial charge in [0.15, 0.2) is 6.54 Å². The molecule has 0 amide bonds. The molecule has 0 fully saturated rings. The van der Waals surface area contributed by atoms with Crippen LogP contribution in [0.25, 0.3) is 5.57 Å². The number of hydrogen-bond acceptors (Lipinski definition) is 4. The lowest BCUT2D eigenvalue weighted by molar-refractivity contribution is -0.427. The van der Waals surface area contributed by atoms with E-state index in [1.165, 1.54) is 66.8 Å². The number of hydrogen-bond donors (Lipinski definition) is 0. The number of para-hydroxylation sites is 2. The average molecular weight is 583 g/mol. The van der Waals surface area contributed by atoms with Crippen molar-refractivity contribution < 1.29 is 14.5 Å². The molecule has 3 aliphatic heterocycles. The number of benzene rings is 3. The van der Waals surface area contributed by atoms with Gasteiger partial charge >= 0.3 is 0 Å². The highest BCUT2D eigenvalue weighted by Gasteiger charge is 2.41. The van der Waals surface area contributed by atoms with Crippen molar-refractivity contribution in [1.82, 2.24) is 0 Å². The molecule has 0 atom stereocenters. The topological polar surface area (TPSA) is 46.4 Å². The van der Waals surface area contributed by atoms with Gasteiger partial charge in [-0.3, -0.25) is 0 Å². The Morgan fingerprint density at radius 3 is 2.57 bits per heavy atom. The van der Waals surface area contributed by atoms with Gasteiger partial charge in [-0.05, 0) is 69.9 Å². The number of carboxylic acid groups (broad SMARTS) is 1. The minimum Gasteiger partial charge on any atom is -0.544 e. The van der Waals surface area contributed by atoms with Gasteiger partial charge in [0.2, 0.25) is 11.4 Å². The minimum absolute atomic E-state index is 0.262. The molecule has 3 aromatic carbocycles. The van der Waals surface area contributed by atoms with Gasteiger partial charge < -0.3 is 14.8 Å². The maximum atomic E-state index is 11.8. The Labute approximate surface area is 250 Å². The molecule has 8 rings (SSSR count). The normalized spacial score (nSPS) is 19.8. The predicted molar refractivity (Wildman–Crippen MR) is 173 cm³/mol. The Morgan fingerprint density at radius 2 is 1.74 bits per heavy atom. The standard InChI is InChI=1S/C36H30N2O2SSi/c1-42(2)33-21-25(37-19-17-23-7-3-5-9-29(23)37)11-13-27(33)35(31-15-16-32(41-31)36(39)40)28-14-12-26(22-34(28)42)38-20-18-24-8-4-6-10-30(24)38/h3-16,21-22H,17-20H2,1-2H3. The molecule has 4 heterocycles. The summed E-state index contributed by atoms with van der Waals surface area (Å²) in [4.78, 5) is 15.4. The van der Waals surface area contributed by atoms with Crippen LogP contribution in [0.15, 0.2) is 108 Å². The first-order valence-electron chi connectivity index (χ1n) is 14.6. The third-order valence-corrected chi connectivity index (χ3v) is 13.9. The smallest absolute Gasteiger partial charge is 0.209 e. The quantitative estimate of drug-likeness (QED) is 0.223. The summed E-state index contributed by atoms with van der Waals surface area (Å²) >= 11 is 1.31. The molecule has 4 nitrogen and oxygen atoms in total. The fraction of sp³-hybridized carbons (Fsp3) is 0.167. The zero-order valence-electron chi connectivity index (χ0n) is 23.7. The third-order valence-electron chi connectivity index (χ3n) is 9.34. The highest BCUT2D eigenvalue weighted by molar-refractivity contribution is 7.15. The molecule has 0 N–H and O–H groups in total. The van der Waals surface area contributed by atoms with Crippen molar-refractivity contribution in [3.8, 4) is 0 Å². The van der Waals surface area contributed by atoms with Crippen molar-refractivity contribution in [1.29, 1.82) is 0 Å². The van der Waals surface area contributed by atoms with E-state index < -0.39 is 14.0 Å². The lowest BCUT2D eigenvalue weighted by Gasteiger charge is -2.38. The van der Waals surface area contributed by atoms with E-state index in [1.807, 2.05) is 6.07 Å². The van der Waals surface area contributed by atoms with E-state index in [-0.39, 0.29) is 4.88 Å². The molecule has 6 heteroatoms. The van der Waals surface area contributed by atoms with Gasteiger partial charge in [0, 0.05) is 58.6 Å². The highest BCUT2D eigenvalue weighted by Crippen LogP contribution is 2.45. The summed E-state index contributed by atoms with van der Waals surface area (Å²) in [5.41, 5.74) is 11.4. The fourth-order valence-electron chi connectivity index (χ4n) is 7.22. The first-order valence-corrected chi connectivity index (χ1v) is 18.4.